The lowest BCUT2D eigenvalue weighted by Gasteiger charge is -2.24. The molecule has 0 saturated carbocycles. The highest BCUT2D eigenvalue weighted by Crippen LogP contribution is 2.35. The molecule has 1 unspecified atom stereocenters. The summed E-state index contributed by atoms with van der Waals surface area (Å²) < 4.78 is 11.0. The molecule has 0 amide bonds. The van der Waals surface area contributed by atoms with Crippen LogP contribution in [0.3, 0.4) is 0 Å². The number of ether oxygens (including phenoxy) is 2. The van der Waals surface area contributed by atoms with E-state index in [9.17, 15) is 10.1 Å². The zero-order chi connectivity index (χ0) is 15.5. The Bertz CT molecular complexity index is 722. The first-order chi connectivity index (χ1) is 10.7. The van der Waals surface area contributed by atoms with Gasteiger partial charge in [-0.15, -0.1) is 0 Å². The zero-order valence-corrected chi connectivity index (χ0v) is 12.1. The van der Waals surface area contributed by atoms with Crippen molar-refractivity contribution < 1.29 is 14.4 Å². The van der Waals surface area contributed by atoms with Crippen LogP contribution in [-0.2, 0) is 4.74 Å². The highest BCUT2D eigenvalue weighted by Gasteiger charge is 2.27. The zero-order valence-electron chi connectivity index (χ0n) is 12.1. The second-order valence-electron chi connectivity index (χ2n) is 4.99. The van der Waals surface area contributed by atoms with Crippen molar-refractivity contribution in [2.45, 2.75) is 6.10 Å². The van der Waals surface area contributed by atoms with Crippen LogP contribution in [0.1, 0.15) is 22.8 Å². The summed E-state index contributed by atoms with van der Waals surface area (Å²) in [4.78, 5) is 10.5. The predicted octanol–water partition coefficient (Wildman–Crippen LogP) is 3.54. The normalized spacial score (nSPS) is 16.2. The number of nitrogens with zero attached hydrogens (tertiary/aromatic N) is 1. The fourth-order valence-electron chi connectivity index (χ4n) is 2.51. The molecule has 112 valence electrons. The number of fused-ring (bicyclic) bond motifs is 1. The summed E-state index contributed by atoms with van der Waals surface area (Å²) in [7, 11) is 1.61. The molecule has 1 atom stereocenters. The van der Waals surface area contributed by atoms with E-state index < -0.39 is 6.10 Å². The number of hydrogen-bond donors (Lipinski definition) is 0. The van der Waals surface area contributed by atoms with E-state index in [0.29, 0.717) is 5.76 Å². The molecule has 0 radical (unpaired) electrons. The van der Waals surface area contributed by atoms with Gasteiger partial charge in [0.15, 0.2) is 6.10 Å². The van der Waals surface area contributed by atoms with Crippen LogP contribution < -0.4 is 4.74 Å². The Kier molecular flexibility index (Phi) is 3.78. The third kappa shape index (κ3) is 2.79. The van der Waals surface area contributed by atoms with Crippen LogP contribution in [-0.4, -0.2) is 18.6 Å². The average Bonchev–Trinajstić information content (AvgIpc) is 2.54. The smallest absolute Gasteiger partial charge is 0.244 e. The Balaban J connectivity index is 1.98. The monoisotopic (exact) mass is 297 g/mol. The van der Waals surface area contributed by atoms with Crippen LogP contribution in [0.15, 0.2) is 48.5 Å². The first-order valence-corrected chi connectivity index (χ1v) is 6.91. The van der Waals surface area contributed by atoms with Gasteiger partial charge in [0.1, 0.15) is 11.5 Å². The molecule has 1 heterocycles. The molecule has 5 heteroatoms. The summed E-state index contributed by atoms with van der Waals surface area (Å²) in [6.07, 6.45) is 1.33. The minimum absolute atomic E-state index is 0.259. The van der Waals surface area contributed by atoms with Gasteiger partial charge >= 0.3 is 0 Å². The van der Waals surface area contributed by atoms with E-state index in [0.717, 1.165) is 22.4 Å². The fraction of sp³-hybridized carbons (Fsp3) is 0.176. The molecule has 0 bridgehead atoms. The van der Waals surface area contributed by atoms with Gasteiger partial charge < -0.3 is 9.47 Å². The molecule has 22 heavy (non-hydrogen) atoms. The number of hydrogen-bond acceptors (Lipinski definition) is 4. The molecule has 1 aliphatic heterocycles. The van der Waals surface area contributed by atoms with Gasteiger partial charge in [-0.05, 0) is 35.9 Å². The summed E-state index contributed by atoms with van der Waals surface area (Å²) in [6, 6.07) is 15.0. The van der Waals surface area contributed by atoms with Gasteiger partial charge in [0.25, 0.3) is 0 Å². The fourth-order valence-corrected chi connectivity index (χ4v) is 2.51. The van der Waals surface area contributed by atoms with Crippen molar-refractivity contribution in [1.29, 1.82) is 0 Å². The van der Waals surface area contributed by atoms with Gasteiger partial charge in [-0.2, -0.15) is 0 Å². The number of rotatable bonds is 4. The standard InChI is InChI=1S/C17H15NO4/c1-21-14-8-6-12(7-9-14)16-10-13-4-2-3-5-15(13)17(22-16)11-18(19)20/h2-10,17H,11H2,1H3. The third-order valence-electron chi connectivity index (χ3n) is 3.59. The van der Waals surface area contributed by atoms with Crippen molar-refractivity contribution in [3.05, 3.63) is 75.3 Å². The van der Waals surface area contributed by atoms with E-state index in [2.05, 4.69) is 0 Å². The van der Waals surface area contributed by atoms with E-state index in [1.165, 1.54) is 0 Å². The molecular weight excluding hydrogens is 282 g/mol. The van der Waals surface area contributed by atoms with Crippen LogP contribution in [0.5, 0.6) is 5.75 Å². The highest BCUT2D eigenvalue weighted by molar-refractivity contribution is 5.80. The summed E-state index contributed by atoms with van der Waals surface area (Å²) in [5.41, 5.74) is 2.66. The summed E-state index contributed by atoms with van der Waals surface area (Å²) in [5, 5.41) is 10.9. The van der Waals surface area contributed by atoms with Gasteiger partial charge in [-0.1, -0.05) is 24.3 Å². The Morgan fingerprint density at radius 3 is 2.59 bits per heavy atom. The molecule has 5 nitrogen and oxygen atoms in total. The van der Waals surface area contributed by atoms with Crippen LogP contribution in [0.4, 0.5) is 0 Å². The van der Waals surface area contributed by atoms with E-state index in [-0.39, 0.29) is 11.5 Å². The summed E-state index contributed by atoms with van der Waals surface area (Å²) in [6.45, 7) is -0.259. The number of nitro groups is 1. The highest BCUT2D eigenvalue weighted by atomic mass is 16.6. The Morgan fingerprint density at radius 2 is 1.91 bits per heavy atom. The number of benzene rings is 2. The van der Waals surface area contributed by atoms with Crippen molar-refractivity contribution in [3.63, 3.8) is 0 Å². The van der Waals surface area contributed by atoms with Gasteiger partial charge in [0.05, 0.1) is 7.11 Å². The van der Waals surface area contributed by atoms with Crippen molar-refractivity contribution in [3.8, 4) is 5.75 Å². The predicted molar refractivity (Wildman–Crippen MR) is 83.0 cm³/mol. The van der Waals surface area contributed by atoms with Crippen LogP contribution in [0.2, 0.25) is 0 Å². The molecule has 2 aromatic carbocycles. The molecular formula is C17H15NO4. The summed E-state index contributed by atoms with van der Waals surface area (Å²) in [5.74, 6) is 1.38. The second kappa shape index (κ2) is 5.89. The largest absolute Gasteiger partial charge is 0.497 e. The topological polar surface area (TPSA) is 61.6 Å². The quantitative estimate of drug-likeness (QED) is 0.639. The lowest BCUT2D eigenvalue weighted by Crippen LogP contribution is -2.18. The molecule has 0 aliphatic carbocycles. The molecule has 0 aromatic heterocycles. The van der Waals surface area contributed by atoms with E-state index >= 15 is 0 Å². The Morgan fingerprint density at radius 1 is 1.18 bits per heavy atom. The minimum Gasteiger partial charge on any atom is -0.497 e. The number of methoxy groups -OCH3 is 1. The Hall–Kier alpha value is -2.82. The molecule has 2 aromatic rings. The van der Waals surface area contributed by atoms with Crippen molar-refractivity contribution >= 4 is 11.8 Å². The van der Waals surface area contributed by atoms with Crippen molar-refractivity contribution in [2.24, 2.45) is 0 Å². The second-order valence-corrected chi connectivity index (χ2v) is 4.99. The van der Waals surface area contributed by atoms with Crippen molar-refractivity contribution in [1.82, 2.24) is 0 Å². The third-order valence-corrected chi connectivity index (χ3v) is 3.59. The lowest BCUT2D eigenvalue weighted by atomic mass is 9.97. The molecule has 1 aliphatic rings. The molecule has 0 saturated heterocycles. The van der Waals surface area contributed by atoms with Gasteiger partial charge in [-0.25, -0.2) is 0 Å². The molecule has 0 fully saturated rings. The van der Waals surface area contributed by atoms with Crippen LogP contribution >= 0.6 is 0 Å². The lowest BCUT2D eigenvalue weighted by molar-refractivity contribution is -0.491. The maximum Gasteiger partial charge on any atom is 0.244 e. The Labute approximate surface area is 127 Å². The SMILES string of the molecule is COc1ccc(C2=Cc3ccccc3C(C[N+](=O)[O-])O2)cc1. The van der Waals surface area contributed by atoms with Crippen molar-refractivity contribution in [2.75, 3.05) is 13.7 Å². The first-order valence-electron chi connectivity index (χ1n) is 6.91. The van der Waals surface area contributed by atoms with Crippen LogP contribution in [0, 0.1) is 10.1 Å². The maximum atomic E-state index is 10.9. The minimum atomic E-state index is -0.576. The molecule has 0 spiro atoms. The first kappa shape index (κ1) is 14.1. The van der Waals surface area contributed by atoms with Gasteiger partial charge in [0, 0.05) is 16.1 Å². The van der Waals surface area contributed by atoms with E-state index in [1.54, 1.807) is 7.11 Å². The van der Waals surface area contributed by atoms with Gasteiger partial charge in [-0.3, -0.25) is 10.1 Å². The van der Waals surface area contributed by atoms with Crippen LogP contribution in [0.25, 0.3) is 11.8 Å². The molecule has 3 rings (SSSR count). The summed E-state index contributed by atoms with van der Waals surface area (Å²) >= 11 is 0. The van der Waals surface area contributed by atoms with Gasteiger partial charge in [0.2, 0.25) is 6.54 Å². The average molecular weight is 297 g/mol. The maximum absolute atomic E-state index is 10.9. The van der Waals surface area contributed by atoms with E-state index in [1.807, 2.05) is 54.6 Å². The van der Waals surface area contributed by atoms with E-state index in [4.69, 9.17) is 9.47 Å². The molecule has 0 N–H and O–H groups in total.